The Bertz CT molecular complexity index is 623. The molecule has 2 rings (SSSR count). The van der Waals surface area contributed by atoms with E-state index >= 15 is 0 Å². The zero-order valence-corrected chi connectivity index (χ0v) is 10.8. The van der Waals surface area contributed by atoms with Gasteiger partial charge in [0.1, 0.15) is 0 Å². The van der Waals surface area contributed by atoms with E-state index in [-0.39, 0.29) is 5.03 Å². The third-order valence-corrected chi connectivity index (χ3v) is 4.89. The highest BCUT2D eigenvalue weighted by molar-refractivity contribution is 7.92. The molecule has 7 heteroatoms. The van der Waals surface area contributed by atoms with Crippen molar-refractivity contribution in [3.8, 4) is 0 Å². The Morgan fingerprint density at radius 1 is 1.47 bits per heavy atom. The average molecular weight is 274 g/mol. The molecule has 1 unspecified atom stereocenters. The minimum absolute atomic E-state index is 0.0723. The molecule has 0 bridgehead atoms. The standard InChI is InChI=1S/C10H12ClN3O2S/c1-8(2-5-11)17(15,16)10-4-7-14-9(13-10)3-6-12-14/h3-4,6-8H,2,5H2,1H3. The summed E-state index contributed by atoms with van der Waals surface area (Å²) in [5.41, 5.74) is 0.518. The first kappa shape index (κ1) is 12.3. The Morgan fingerprint density at radius 2 is 2.24 bits per heavy atom. The molecule has 0 fully saturated rings. The van der Waals surface area contributed by atoms with Crippen LogP contribution in [-0.2, 0) is 9.84 Å². The van der Waals surface area contributed by atoms with Gasteiger partial charge in [-0.15, -0.1) is 11.6 Å². The zero-order valence-electron chi connectivity index (χ0n) is 9.25. The molecular weight excluding hydrogens is 262 g/mol. The molecule has 0 radical (unpaired) electrons. The quantitative estimate of drug-likeness (QED) is 0.626. The van der Waals surface area contributed by atoms with Crippen molar-refractivity contribution in [3.05, 3.63) is 24.5 Å². The lowest BCUT2D eigenvalue weighted by molar-refractivity contribution is 0.577. The molecule has 0 spiro atoms. The molecule has 0 aromatic carbocycles. The second kappa shape index (κ2) is 4.62. The Kier molecular flexibility index (Phi) is 3.35. The first-order chi connectivity index (χ1) is 8.05. The van der Waals surface area contributed by atoms with E-state index in [0.717, 1.165) is 0 Å². The summed E-state index contributed by atoms with van der Waals surface area (Å²) < 4.78 is 25.8. The van der Waals surface area contributed by atoms with Gasteiger partial charge in [-0.25, -0.2) is 17.9 Å². The maximum absolute atomic E-state index is 12.1. The lowest BCUT2D eigenvalue weighted by Crippen LogP contribution is -2.20. The van der Waals surface area contributed by atoms with Crippen LogP contribution in [0.2, 0.25) is 0 Å². The van der Waals surface area contributed by atoms with Crippen LogP contribution in [-0.4, -0.2) is 34.1 Å². The van der Waals surface area contributed by atoms with Crippen molar-refractivity contribution in [1.29, 1.82) is 0 Å². The highest BCUT2D eigenvalue weighted by Crippen LogP contribution is 2.17. The minimum atomic E-state index is -3.41. The molecule has 0 amide bonds. The summed E-state index contributed by atoms with van der Waals surface area (Å²) in [6, 6.07) is 3.12. The Balaban J connectivity index is 2.44. The average Bonchev–Trinajstić information content (AvgIpc) is 2.76. The van der Waals surface area contributed by atoms with E-state index in [0.29, 0.717) is 17.9 Å². The highest BCUT2D eigenvalue weighted by atomic mass is 35.5. The van der Waals surface area contributed by atoms with E-state index < -0.39 is 15.1 Å². The minimum Gasteiger partial charge on any atom is -0.223 e. The third-order valence-electron chi connectivity index (χ3n) is 2.57. The van der Waals surface area contributed by atoms with Crippen LogP contribution in [0.4, 0.5) is 0 Å². The first-order valence-electron chi connectivity index (χ1n) is 5.16. The van der Waals surface area contributed by atoms with Crippen molar-refractivity contribution < 1.29 is 8.42 Å². The van der Waals surface area contributed by atoms with E-state index in [1.807, 2.05) is 0 Å². The molecule has 0 aliphatic heterocycles. The van der Waals surface area contributed by atoms with Gasteiger partial charge >= 0.3 is 0 Å². The van der Waals surface area contributed by atoms with Gasteiger partial charge in [-0.05, 0) is 19.4 Å². The number of hydrogen-bond acceptors (Lipinski definition) is 4. The third kappa shape index (κ3) is 2.28. The molecule has 17 heavy (non-hydrogen) atoms. The van der Waals surface area contributed by atoms with Crippen LogP contribution in [0.1, 0.15) is 13.3 Å². The number of rotatable bonds is 4. The molecule has 0 aliphatic rings. The zero-order chi connectivity index (χ0) is 12.5. The van der Waals surface area contributed by atoms with Crippen LogP contribution in [0.3, 0.4) is 0 Å². The summed E-state index contributed by atoms with van der Waals surface area (Å²) in [5, 5.41) is 3.50. The second-order valence-electron chi connectivity index (χ2n) is 3.73. The van der Waals surface area contributed by atoms with Crippen molar-refractivity contribution in [3.63, 3.8) is 0 Å². The van der Waals surface area contributed by atoms with Crippen molar-refractivity contribution in [2.45, 2.75) is 23.6 Å². The summed E-state index contributed by atoms with van der Waals surface area (Å²) in [7, 11) is -3.41. The van der Waals surface area contributed by atoms with Gasteiger partial charge in [0.2, 0.25) is 0 Å². The molecule has 0 saturated heterocycles. The summed E-state index contributed by atoms with van der Waals surface area (Å²) in [4.78, 5) is 4.08. The first-order valence-corrected chi connectivity index (χ1v) is 7.24. The molecule has 2 aromatic heterocycles. The molecule has 2 heterocycles. The number of fused-ring (bicyclic) bond motifs is 1. The van der Waals surface area contributed by atoms with Crippen LogP contribution in [0.15, 0.2) is 29.6 Å². The van der Waals surface area contributed by atoms with E-state index in [4.69, 9.17) is 11.6 Å². The van der Waals surface area contributed by atoms with E-state index in [2.05, 4.69) is 10.1 Å². The van der Waals surface area contributed by atoms with Gasteiger partial charge in [0.05, 0.1) is 11.4 Å². The van der Waals surface area contributed by atoms with Gasteiger partial charge in [-0.2, -0.15) is 5.10 Å². The van der Waals surface area contributed by atoms with Crippen LogP contribution < -0.4 is 0 Å². The van der Waals surface area contributed by atoms with Gasteiger partial charge in [0.25, 0.3) is 0 Å². The number of halogens is 1. The fourth-order valence-electron chi connectivity index (χ4n) is 1.47. The van der Waals surface area contributed by atoms with Crippen LogP contribution >= 0.6 is 11.6 Å². The maximum Gasteiger partial charge on any atom is 0.198 e. The van der Waals surface area contributed by atoms with Crippen LogP contribution in [0.5, 0.6) is 0 Å². The topological polar surface area (TPSA) is 64.3 Å². The van der Waals surface area contributed by atoms with E-state index in [1.54, 1.807) is 25.4 Å². The van der Waals surface area contributed by atoms with Crippen molar-refractivity contribution in [2.24, 2.45) is 0 Å². The second-order valence-corrected chi connectivity index (χ2v) is 6.42. The predicted octanol–water partition coefficient (Wildman–Crippen LogP) is 1.52. The fraction of sp³-hybridized carbons (Fsp3) is 0.400. The molecule has 0 aliphatic carbocycles. The molecule has 0 saturated carbocycles. The van der Waals surface area contributed by atoms with E-state index in [1.165, 1.54) is 10.6 Å². The van der Waals surface area contributed by atoms with Crippen molar-refractivity contribution in [2.75, 3.05) is 5.88 Å². The Morgan fingerprint density at radius 3 is 2.94 bits per heavy atom. The van der Waals surface area contributed by atoms with Crippen LogP contribution in [0, 0.1) is 0 Å². The largest absolute Gasteiger partial charge is 0.223 e. The van der Waals surface area contributed by atoms with Crippen molar-refractivity contribution in [1.82, 2.24) is 14.6 Å². The normalized spacial score (nSPS) is 14.0. The molecule has 5 nitrogen and oxygen atoms in total. The smallest absolute Gasteiger partial charge is 0.198 e. The van der Waals surface area contributed by atoms with E-state index in [9.17, 15) is 8.42 Å². The predicted molar refractivity (Wildman–Crippen MR) is 65.0 cm³/mol. The monoisotopic (exact) mass is 273 g/mol. The van der Waals surface area contributed by atoms with Gasteiger partial charge in [0, 0.05) is 18.1 Å². The highest BCUT2D eigenvalue weighted by Gasteiger charge is 2.24. The lowest BCUT2D eigenvalue weighted by atomic mass is 10.4. The number of sulfone groups is 1. The maximum atomic E-state index is 12.1. The Labute approximate surface area is 104 Å². The molecular formula is C10H12ClN3O2S. The number of alkyl halides is 1. The van der Waals surface area contributed by atoms with Gasteiger partial charge in [0.15, 0.2) is 20.5 Å². The van der Waals surface area contributed by atoms with Gasteiger partial charge in [-0.3, -0.25) is 0 Å². The summed E-state index contributed by atoms with van der Waals surface area (Å²) in [6.45, 7) is 1.64. The Hall–Kier alpha value is -1.14. The summed E-state index contributed by atoms with van der Waals surface area (Å²) in [6.07, 6.45) is 3.57. The molecule has 2 aromatic rings. The molecule has 0 N–H and O–H groups in total. The molecule has 1 atom stereocenters. The molecule has 92 valence electrons. The lowest BCUT2D eigenvalue weighted by Gasteiger charge is -2.10. The summed E-state index contributed by atoms with van der Waals surface area (Å²) in [5.74, 6) is 0.315. The number of nitrogens with zero attached hydrogens (tertiary/aromatic N) is 3. The van der Waals surface area contributed by atoms with Crippen molar-refractivity contribution >= 4 is 27.1 Å². The number of hydrogen-bond donors (Lipinski definition) is 0. The van der Waals surface area contributed by atoms with Crippen LogP contribution in [0.25, 0.3) is 5.65 Å². The summed E-state index contributed by atoms with van der Waals surface area (Å²) >= 11 is 5.57. The fourth-order valence-corrected chi connectivity index (χ4v) is 3.24. The number of aromatic nitrogens is 3. The van der Waals surface area contributed by atoms with Gasteiger partial charge < -0.3 is 0 Å². The van der Waals surface area contributed by atoms with Gasteiger partial charge in [-0.1, -0.05) is 0 Å². The SMILES string of the molecule is CC(CCCl)S(=O)(=O)c1ccn2nccc2n1.